The molecule has 0 saturated heterocycles. The molecule has 0 unspecified atom stereocenters. The number of nitrogens with zero attached hydrogens (tertiary/aromatic N) is 1. The fraction of sp³-hybridized carbons (Fsp3) is 0.0278. The van der Waals surface area contributed by atoms with Gasteiger partial charge in [0, 0.05) is 39.1 Å². The topological polar surface area (TPSA) is 21.7 Å². The highest BCUT2D eigenvalue weighted by molar-refractivity contribution is 6.07. The average molecular weight is 956 g/mol. The van der Waals surface area contributed by atoms with E-state index in [2.05, 4.69) is 278 Å². The number of ether oxygens (including phenoxy) is 2. The number of anilines is 3. The number of fused-ring (bicyclic) bond motifs is 20. The maximum absolute atomic E-state index is 6.79. The van der Waals surface area contributed by atoms with E-state index in [4.69, 9.17) is 9.47 Å². The van der Waals surface area contributed by atoms with E-state index in [0.717, 1.165) is 73.4 Å². The Hall–Kier alpha value is -9.70. The molecular formula is C72H45NO2. The minimum Gasteiger partial charge on any atom is -0.457 e. The molecule has 2 aliphatic carbocycles. The Balaban J connectivity index is 1.00. The second-order valence-electron chi connectivity index (χ2n) is 20.2. The van der Waals surface area contributed by atoms with E-state index in [1.807, 2.05) is 0 Å². The molecule has 4 aliphatic rings. The SMILES string of the molecule is c1ccc(-c2ccc(-c3ccccc3N(c3ccc4c(c3)-c3c(ccc5ccccc35)C43c4ccccc4Oc4ccccc43)c3cccc4c3-c3ccccc3C43c4ccccc4Oc4ccccc43)cc2)cc1. The van der Waals surface area contributed by atoms with Crippen LogP contribution in [0, 0.1) is 0 Å². The minimum absolute atomic E-state index is 0.634. The number of para-hydroxylation sites is 5. The van der Waals surface area contributed by atoms with Crippen LogP contribution >= 0.6 is 0 Å². The summed E-state index contributed by atoms with van der Waals surface area (Å²) in [7, 11) is 0. The maximum Gasteiger partial charge on any atom is 0.132 e. The van der Waals surface area contributed by atoms with Crippen LogP contribution < -0.4 is 14.4 Å². The Kier molecular flexibility index (Phi) is 8.88. The molecule has 0 bridgehead atoms. The molecule has 0 fully saturated rings. The first-order valence-corrected chi connectivity index (χ1v) is 25.9. The second-order valence-corrected chi connectivity index (χ2v) is 20.2. The van der Waals surface area contributed by atoms with Gasteiger partial charge in [-0.15, -0.1) is 0 Å². The van der Waals surface area contributed by atoms with Gasteiger partial charge in [0.15, 0.2) is 0 Å². The van der Waals surface area contributed by atoms with Gasteiger partial charge in [0.25, 0.3) is 0 Å². The van der Waals surface area contributed by atoms with Crippen LogP contribution in [-0.2, 0) is 10.8 Å². The minimum atomic E-state index is -0.641. The van der Waals surface area contributed by atoms with E-state index in [0.29, 0.717) is 0 Å². The van der Waals surface area contributed by atoms with Crippen LogP contribution in [0.25, 0.3) is 55.3 Å². The quantitative estimate of drug-likeness (QED) is 0.172. The molecule has 12 aromatic rings. The molecule has 3 nitrogen and oxygen atoms in total. The molecule has 12 aromatic carbocycles. The number of hydrogen-bond acceptors (Lipinski definition) is 3. The van der Waals surface area contributed by atoms with Crippen LogP contribution in [0.2, 0.25) is 0 Å². The highest BCUT2D eigenvalue weighted by atomic mass is 16.5. The van der Waals surface area contributed by atoms with Crippen molar-refractivity contribution in [3.8, 4) is 67.5 Å². The van der Waals surface area contributed by atoms with Crippen LogP contribution in [0.1, 0.15) is 44.5 Å². The zero-order valence-corrected chi connectivity index (χ0v) is 40.7. The monoisotopic (exact) mass is 955 g/mol. The lowest BCUT2D eigenvalue weighted by molar-refractivity contribution is 0.436. The van der Waals surface area contributed by atoms with Crippen molar-refractivity contribution in [2.24, 2.45) is 0 Å². The molecule has 0 N–H and O–H groups in total. The van der Waals surface area contributed by atoms with Gasteiger partial charge < -0.3 is 14.4 Å². The standard InChI is InChI=1S/C72H45NO2/c1-2-19-46(20-3-1)47-37-39-49(40-38-47)51-22-7-13-31-63(51)73(64-32-18-30-61-70(64)53-24-6-8-25-55(53)71(61)57-26-9-14-33-65(57)74-66-34-15-10-27-58(66)71)50-42-44-56-54(45-50)69-52-23-5-4-21-48(52)41-43-62(69)72(56)59-28-11-16-35-67(59)75-68-36-17-12-29-60(68)72/h1-45H. The first-order chi connectivity index (χ1) is 37.2. The first kappa shape index (κ1) is 41.9. The number of hydrogen-bond donors (Lipinski definition) is 0. The lowest BCUT2D eigenvalue weighted by Crippen LogP contribution is -2.32. The Labute approximate surface area is 435 Å². The molecule has 2 heterocycles. The Morgan fingerprint density at radius 3 is 1.37 bits per heavy atom. The third-order valence-corrected chi connectivity index (χ3v) is 16.6. The van der Waals surface area contributed by atoms with Gasteiger partial charge in [-0.05, 0) is 115 Å². The summed E-state index contributed by atoms with van der Waals surface area (Å²) in [4.78, 5) is 2.55. The van der Waals surface area contributed by atoms with Gasteiger partial charge in [-0.2, -0.15) is 0 Å². The van der Waals surface area contributed by atoms with Crippen LogP contribution in [0.5, 0.6) is 23.0 Å². The summed E-state index contributed by atoms with van der Waals surface area (Å²) in [6.45, 7) is 0. The average Bonchev–Trinajstić information content (AvgIpc) is 3.95. The van der Waals surface area contributed by atoms with Gasteiger partial charge in [0.2, 0.25) is 0 Å². The smallest absolute Gasteiger partial charge is 0.132 e. The normalized spacial score (nSPS) is 14.0. The van der Waals surface area contributed by atoms with Crippen LogP contribution in [-0.4, -0.2) is 0 Å². The van der Waals surface area contributed by atoms with Gasteiger partial charge in [-0.25, -0.2) is 0 Å². The highest BCUT2D eigenvalue weighted by Crippen LogP contribution is 2.66. The third kappa shape index (κ3) is 5.70. The van der Waals surface area contributed by atoms with Gasteiger partial charge in [0.05, 0.1) is 22.2 Å². The second kappa shape index (κ2) is 15.9. The van der Waals surface area contributed by atoms with E-state index < -0.39 is 10.8 Å². The van der Waals surface area contributed by atoms with Gasteiger partial charge in [-0.3, -0.25) is 0 Å². The predicted octanol–water partition coefficient (Wildman–Crippen LogP) is 18.6. The van der Waals surface area contributed by atoms with Crippen molar-refractivity contribution in [1.29, 1.82) is 0 Å². The van der Waals surface area contributed by atoms with Crippen LogP contribution in [0.15, 0.2) is 273 Å². The molecule has 16 rings (SSSR count). The van der Waals surface area contributed by atoms with Crippen molar-refractivity contribution >= 4 is 27.8 Å². The molecule has 2 spiro atoms. The van der Waals surface area contributed by atoms with Crippen molar-refractivity contribution in [3.63, 3.8) is 0 Å². The van der Waals surface area contributed by atoms with Gasteiger partial charge >= 0.3 is 0 Å². The van der Waals surface area contributed by atoms with Crippen molar-refractivity contribution in [1.82, 2.24) is 0 Å². The van der Waals surface area contributed by atoms with E-state index in [-0.39, 0.29) is 0 Å². The summed E-state index contributed by atoms with van der Waals surface area (Å²) in [5.74, 6) is 3.51. The fourth-order valence-corrected chi connectivity index (χ4v) is 13.7. The third-order valence-electron chi connectivity index (χ3n) is 16.6. The maximum atomic E-state index is 6.79. The molecule has 75 heavy (non-hydrogen) atoms. The van der Waals surface area contributed by atoms with Gasteiger partial charge in [-0.1, -0.05) is 224 Å². The van der Waals surface area contributed by atoms with E-state index in [1.54, 1.807) is 0 Å². The zero-order valence-electron chi connectivity index (χ0n) is 40.7. The summed E-state index contributed by atoms with van der Waals surface area (Å²) in [6, 6.07) is 100. The summed E-state index contributed by atoms with van der Waals surface area (Å²) in [5, 5.41) is 2.43. The predicted molar refractivity (Wildman–Crippen MR) is 304 cm³/mol. The van der Waals surface area contributed by atoms with Crippen LogP contribution in [0.4, 0.5) is 17.1 Å². The van der Waals surface area contributed by atoms with Crippen molar-refractivity contribution < 1.29 is 9.47 Å². The van der Waals surface area contributed by atoms with E-state index >= 15 is 0 Å². The molecule has 0 radical (unpaired) electrons. The molecular weight excluding hydrogens is 911 g/mol. The first-order valence-electron chi connectivity index (χ1n) is 25.9. The summed E-state index contributed by atoms with van der Waals surface area (Å²) in [6.07, 6.45) is 0. The summed E-state index contributed by atoms with van der Waals surface area (Å²) in [5.41, 5.74) is 21.0. The number of rotatable bonds is 5. The number of benzene rings is 12. The van der Waals surface area contributed by atoms with Crippen LogP contribution in [0.3, 0.4) is 0 Å². The van der Waals surface area contributed by atoms with Crippen molar-refractivity contribution in [2.75, 3.05) is 4.90 Å². The Bertz CT molecular complexity index is 4230. The molecule has 0 amide bonds. The zero-order chi connectivity index (χ0) is 49.2. The molecule has 0 atom stereocenters. The largest absolute Gasteiger partial charge is 0.457 e. The molecule has 0 aromatic heterocycles. The highest BCUT2D eigenvalue weighted by Gasteiger charge is 2.54. The molecule has 2 aliphatic heterocycles. The summed E-state index contributed by atoms with van der Waals surface area (Å²) < 4.78 is 13.6. The fourth-order valence-electron chi connectivity index (χ4n) is 13.7. The molecule has 3 heteroatoms. The molecule has 350 valence electrons. The lowest BCUT2D eigenvalue weighted by Gasteiger charge is -2.39. The summed E-state index contributed by atoms with van der Waals surface area (Å²) >= 11 is 0. The molecule has 0 saturated carbocycles. The van der Waals surface area contributed by atoms with E-state index in [9.17, 15) is 0 Å². The van der Waals surface area contributed by atoms with Crippen molar-refractivity contribution in [3.05, 3.63) is 317 Å². The van der Waals surface area contributed by atoms with Gasteiger partial charge in [0.1, 0.15) is 23.0 Å². The Morgan fingerprint density at radius 1 is 0.267 bits per heavy atom. The Morgan fingerprint density at radius 2 is 0.720 bits per heavy atom. The van der Waals surface area contributed by atoms with E-state index in [1.165, 1.54) is 66.4 Å². The lowest BCUT2D eigenvalue weighted by atomic mass is 9.66. The van der Waals surface area contributed by atoms with Crippen molar-refractivity contribution in [2.45, 2.75) is 10.8 Å².